The van der Waals surface area contributed by atoms with E-state index >= 15 is 0 Å². The summed E-state index contributed by atoms with van der Waals surface area (Å²) in [5.41, 5.74) is 3.53. The summed E-state index contributed by atoms with van der Waals surface area (Å²) in [6, 6.07) is 0. The van der Waals surface area contributed by atoms with Crippen molar-refractivity contribution in [1.29, 1.82) is 0 Å². The van der Waals surface area contributed by atoms with Gasteiger partial charge in [-0.3, -0.25) is 0 Å². The second kappa shape index (κ2) is 5.44. The Bertz CT molecular complexity index is 170. The Kier molecular flexibility index (Phi) is 5.32. The van der Waals surface area contributed by atoms with Crippen molar-refractivity contribution >= 4 is 17.7 Å². The van der Waals surface area contributed by atoms with Crippen molar-refractivity contribution in [1.82, 2.24) is 0 Å². The molecule has 0 amide bonds. The third-order valence-corrected chi connectivity index (χ3v) is 2.47. The summed E-state index contributed by atoms with van der Waals surface area (Å²) in [5, 5.41) is 0. The highest BCUT2D eigenvalue weighted by Gasteiger charge is 2.22. The van der Waals surface area contributed by atoms with Crippen LogP contribution in [-0.2, 0) is 9.53 Å². The van der Waals surface area contributed by atoms with Crippen LogP contribution in [0.25, 0.3) is 0 Å². The molecule has 0 fully saturated rings. The van der Waals surface area contributed by atoms with Gasteiger partial charge in [-0.25, -0.2) is 9.18 Å². The number of alkyl halides is 1. The normalized spacial score (nSPS) is 13.9. The predicted octanol–water partition coefficient (Wildman–Crippen LogP) is 1.32. The summed E-state index contributed by atoms with van der Waals surface area (Å²) >= 11 is 0.865. The van der Waals surface area contributed by atoms with Crippen LogP contribution in [0.15, 0.2) is 0 Å². The van der Waals surface area contributed by atoms with Crippen molar-refractivity contribution in [3.8, 4) is 0 Å². The number of ether oxygens (including phenoxy) is 1. The first kappa shape index (κ1) is 12.7. The van der Waals surface area contributed by atoms with E-state index in [4.69, 9.17) is 5.73 Å². The number of thioether (sulfide) groups is 1. The third kappa shape index (κ3) is 6.83. The summed E-state index contributed by atoms with van der Waals surface area (Å²) in [5.74, 6) is -0.441. The molecule has 2 N–H and O–H groups in total. The summed E-state index contributed by atoms with van der Waals surface area (Å²) < 4.78 is 17.4. The Morgan fingerprint density at radius 2 is 2.23 bits per heavy atom. The molecule has 0 aliphatic carbocycles. The molecule has 0 saturated carbocycles. The van der Waals surface area contributed by atoms with Gasteiger partial charge in [0.15, 0.2) is 0 Å². The van der Waals surface area contributed by atoms with Gasteiger partial charge in [0.25, 0.3) is 0 Å². The van der Waals surface area contributed by atoms with Crippen LogP contribution in [-0.4, -0.2) is 29.4 Å². The average Bonchev–Trinajstić information content (AvgIpc) is 1.99. The van der Waals surface area contributed by atoms with Crippen molar-refractivity contribution in [2.24, 2.45) is 5.73 Å². The van der Waals surface area contributed by atoms with Crippen LogP contribution in [0.4, 0.5) is 4.39 Å². The Morgan fingerprint density at radius 1 is 1.69 bits per heavy atom. The maximum atomic E-state index is 12.9. The zero-order valence-corrected chi connectivity index (χ0v) is 8.99. The molecule has 0 aliphatic heterocycles. The molecule has 78 valence electrons. The molecule has 0 heterocycles. The topological polar surface area (TPSA) is 52.3 Å². The minimum atomic E-state index is -1.62. The van der Waals surface area contributed by atoms with Crippen molar-refractivity contribution < 1.29 is 13.9 Å². The highest BCUT2D eigenvalue weighted by atomic mass is 32.2. The Balaban J connectivity index is 3.74. The van der Waals surface area contributed by atoms with Crippen LogP contribution >= 0.6 is 11.8 Å². The Morgan fingerprint density at radius 3 is 2.62 bits per heavy atom. The molecular formula is C8H16FNO2S. The minimum Gasteiger partial charge on any atom is -0.463 e. The number of carbonyl (C=O) groups excluding carboxylic acids is 1. The maximum absolute atomic E-state index is 12.9. The SMILES string of the molecule is CCOC(=O)C(F)SCC(C)(C)N. The van der Waals surface area contributed by atoms with Crippen LogP contribution in [0.2, 0.25) is 0 Å². The van der Waals surface area contributed by atoms with Gasteiger partial charge in [0.1, 0.15) is 0 Å². The van der Waals surface area contributed by atoms with E-state index in [1.165, 1.54) is 0 Å². The molecule has 0 bridgehead atoms. The fraction of sp³-hybridized carbons (Fsp3) is 0.875. The standard InChI is InChI=1S/C8H16FNO2S/c1-4-12-7(11)6(9)13-5-8(2,3)10/h6H,4-5,10H2,1-3H3. The molecule has 1 unspecified atom stereocenters. The first-order valence-corrected chi connectivity index (χ1v) is 5.13. The van der Waals surface area contributed by atoms with E-state index in [-0.39, 0.29) is 6.61 Å². The minimum absolute atomic E-state index is 0.200. The zero-order valence-electron chi connectivity index (χ0n) is 8.17. The fourth-order valence-electron chi connectivity index (χ4n) is 0.564. The molecule has 0 spiro atoms. The van der Waals surface area contributed by atoms with Gasteiger partial charge in [-0.15, -0.1) is 11.8 Å². The molecule has 13 heavy (non-hydrogen) atoms. The molecule has 5 heteroatoms. The third-order valence-electron chi connectivity index (χ3n) is 1.07. The maximum Gasteiger partial charge on any atom is 0.351 e. The van der Waals surface area contributed by atoms with Gasteiger partial charge in [0.05, 0.1) is 6.61 Å². The summed E-state index contributed by atoms with van der Waals surface area (Å²) in [7, 11) is 0. The van der Waals surface area contributed by atoms with Gasteiger partial charge in [0.2, 0.25) is 5.50 Å². The van der Waals surface area contributed by atoms with Gasteiger partial charge < -0.3 is 10.5 Å². The monoisotopic (exact) mass is 209 g/mol. The summed E-state index contributed by atoms with van der Waals surface area (Å²) in [6.07, 6.45) is 0. The molecule has 0 saturated heterocycles. The summed E-state index contributed by atoms with van der Waals surface area (Å²) in [4.78, 5) is 10.8. The van der Waals surface area contributed by atoms with Crippen LogP contribution in [0.1, 0.15) is 20.8 Å². The van der Waals surface area contributed by atoms with Crippen LogP contribution in [0, 0.1) is 0 Å². The smallest absolute Gasteiger partial charge is 0.351 e. The molecule has 1 atom stereocenters. The van der Waals surface area contributed by atoms with E-state index in [1.54, 1.807) is 20.8 Å². The number of esters is 1. The lowest BCUT2D eigenvalue weighted by atomic mass is 10.1. The number of hydrogen-bond donors (Lipinski definition) is 1. The van der Waals surface area contributed by atoms with E-state index in [1.807, 2.05) is 0 Å². The number of hydrogen-bond acceptors (Lipinski definition) is 4. The van der Waals surface area contributed by atoms with E-state index in [9.17, 15) is 9.18 Å². The van der Waals surface area contributed by atoms with E-state index in [0.29, 0.717) is 5.75 Å². The molecular weight excluding hydrogens is 193 g/mol. The van der Waals surface area contributed by atoms with E-state index in [2.05, 4.69) is 4.74 Å². The molecule has 0 aliphatic rings. The van der Waals surface area contributed by atoms with Crippen molar-refractivity contribution in [3.63, 3.8) is 0 Å². The Hall–Kier alpha value is -0.290. The van der Waals surface area contributed by atoms with E-state index in [0.717, 1.165) is 11.8 Å². The molecule has 3 nitrogen and oxygen atoms in total. The van der Waals surface area contributed by atoms with Crippen LogP contribution < -0.4 is 5.73 Å². The van der Waals surface area contributed by atoms with Crippen molar-refractivity contribution in [3.05, 3.63) is 0 Å². The molecule has 0 rings (SSSR count). The second-order valence-electron chi connectivity index (χ2n) is 3.37. The lowest BCUT2D eigenvalue weighted by Crippen LogP contribution is -2.36. The van der Waals surface area contributed by atoms with E-state index < -0.39 is 17.0 Å². The lowest BCUT2D eigenvalue weighted by molar-refractivity contribution is -0.145. The highest BCUT2D eigenvalue weighted by molar-refractivity contribution is 8.00. The van der Waals surface area contributed by atoms with Gasteiger partial charge in [-0.05, 0) is 20.8 Å². The van der Waals surface area contributed by atoms with Gasteiger partial charge in [-0.1, -0.05) is 0 Å². The predicted molar refractivity (Wildman–Crippen MR) is 52.3 cm³/mol. The summed E-state index contributed by atoms with van der Waals surface area (Å²) in [6.45, 7) is 5.39. The van der Waals surface area contributed by atoms with Crippen molar-refractivity contribution in [2.45, 2.75) is 31.8 Å². The zero-order chi connectivity index (χ0) is 10.5. The molecule has 0 aromatic heterocycles. The largest absolute Gasteiger partial charge is 0.463 e. The molecule has 0 aromatic rings. The van der Waals surface area contributed by atoms with Gasteiger partial charge in [-0.2, -0.15) is 0 Å². The van der Waals surface area contributed by atoms with Crippen LogP contribution in [0.5, 0.6) is 0 Å². The number of nitrogens with two attached hydrogens (primary N) is 1. The first-order valence-electron chi connectivity index (χ1n) is 4.08. The van der Waals surface area contributed by atoms with Gasteiger partial charge >= 0.3 is 5.97 Å². The van der Waals surface area contributed by atoms with Crippen molar-refractivity contribution in [2.75, 3.05) is 12.4 Å². The molecule has 0 aromatic carbocycles. The molecule has 0 radical (unpaired) electrons. The highest BCUT2D eigenvalue weighted by Crippen LogP contribution is 2.18. The number of rotatable bonds is 5. The quantitative estimate of drug-likeness (QED) is 0.694. The van der Waals surface area contributed by atoms with Gasteiger partial charge in [0, 0.05) is 11.3 Å². The number of halogens is 1. The fourth-order valence-corrected chi connectivity index (χ4v) is 1.34. The lowest BCUT2D eigenvalue weighted by Gasteiger charge is -2.18. The first-order chi connectivity index (χ1) is 5.87. The number of carbonyl (C=O) groups is 1. The average molecular weight is 209 g/mol. The van der Waals surface area contributed by atoms with Crippen LogP contribution in [0.3, 0.4) is 0 Å². The second-order valence-corrected chi connectivity index (χ2v) is 4.40. The Labute approximate surface area is 82.2 Å².